The molecule has 4 nitrogen and oxygen atoms in total. The van der Waals surface area contributed by atoms with Gasteiger partial charge in [-0.25, -0.2) is 4.79 Å². The first-order valence-electron chi connectivity index (χ1n) is 4.38. The van der Waals surface area contributed by atoms with Crippen LogP contribution in [0.2, 0.25) is 0 Å². The predicted molar refractivity (Wildman–Crippen MR) is 56.6 cm³/mol. The summed E-state index contributed by atoms with van der Waals surface area (Å²) in [4.78, 5) is 13.3. The fraction of sp³-hybridized carbons (Fsp3) is 0. The maximum atomic E-state index is 10.4. The van der Waals surface area contributed by atoms with Gasteiger partial charge in [-0.05, 0) is 18.2 Å². The van der Waals surface area contributed by atoms with Crippen molar-refractivity contribution in [3.8, 4) is 5.75 Å². The molecule has 1 heterocycles. The lowest BCUT2D eigenvalue weighted by Crippen LogP contribution is -1.85. The number of aromatic nitrogens is 1. The van der Waals surface area contributed by atoms with Gasteiger partial charge >= 0.3 is 5.97 Å². The second kappa shape index (κ2) is 3.49. The Kier molecular flexibility index (Phi) is 2.17. The van der Waals surface area contributed by atoms with Crippen LogP contribution in [0.3, 0.4) is 0 Å². The molecule has 0 aliphatic heterocycles. The summed E-state index contributed by atoms with van der Waals surface area (Å²) in [6, 6.07) is 5.10. The summed E-state index contributed by atoms with van der Waals surface area (Å²) in [5.74, 6) is -0.876. The highest BCUT2D eigenvalue weighted by Crippen LogP contribution is 2.28. The molecule has 0 aliphatic carbocycles. The molecule has 0 saturated carbocycles. The topological polar surface area (TPSA) is 73.3 Å². The van der Waals surface area contributed by atoms with E-state index in [0.29, 0.717) is 10.9 Å². The average Bonchev–Trinajstić information content (AvgIpc) is 2.59. The third-order valence-corrected chi connectivity index (χ3v) is 2.12. The molecule has 0 spiro atoms. The van der Waals surface area contributed by atoms with Crippen molar-refractivity contribution in [2.45, 2.75) is 0 Å². The maximum absolute atomic E-state index is 10.4. The van der Waals surface area contributed by atoms with Crippen molar-refractivity contribution in [1.82, 2.24) is 4.98 Å². The number of nitrogens with one attached hydrogen (secondary N) is 1. The van der Waals surface area contributed by atoms with Crippen molar-refractivity contribution in [1.29, 1.82) is 0 Å². The van der Waals surface area contributed by atoms with Crippen LogP contribution in [0, 0.1) is 0 Å². The molecule has 0 bridgehead atoms. The Labute approximate surface area is 85.5 Å². The second-order valence-electron chi connectivity index (χ2n) is 3.12. The number of aliphatic carboxylic acids is 1. The molecule has 0 amide bonds. The molecule has 1 aromatic carbocycles. The zero-order valence-electron chi connectivity index (χ0n) is 7.77. The van der Waals surface area contributed by atoms with Gasteiger partial charge in [-0.15, -0.1) is 0 Å². The summed E-state index contributed by atoms with van der Waals surface area (Å²) in [5, 5.41) is 18.7. The van der Waals surface area contributed by atoms with Gasteiger partial charge in [-0.1, -0.05) is 6.07 Å². The number of benzene rings is 1. The van der Waals surface area contributed by atoms with E-state index in [-0.39, 0.29) is 5.75 Å². The van der Waals surface area contributed by atoms with Gasteiger partial charge in [0.05, 0.1) is 0 Å². The van der Waals surface area contributed by atoms with Gasteiger partial charge in [0.15, 0.2) is 0 Å². The molecule has 0 atom stereocenters. The highest BCUT2D eigenvalue weighted by molar-refractivity contribution is 5.96. The van der Waals surface area contributed by atoms with Crippen LogP contribution in [-0.4, -0.2) is 21.2 Å². The first kappa shape index (κ1) is 9.33. The minimum Gasteiger partial charge on any atom is -0.507 e. The van der Waals surface area contributed by atoms with E-state index in [2.05, 4.69) is 4.98 Å². The standard InChI is InChI=1S/C11H9NO3/c13-9-3-1-2-8-11(9)7(6-12-8)4-5-10(14)15/h1-6,12-13H,(H,14,15)/b5-4-. The van der Waals surface area contributed by atoms with Gasteiger partial charge in [-0.3, -0.25) is 0 Å². The van der Waals surface area contributed by atoms with Gasteiger partial charge < -0.3 is 15.2 Å². The first-order valence-corrected chi connectivity index (χ1v) is 4.38. The van der Waals surface area contributed by atoms with Crippen molar-refractivity contribution >= 4 is 22.9 Å². The molecule has 15 heavy (non-hydrogen) atoms. The molecule has 0 radical (unpaired) electrons. The van der Waals surface area contributed by atoms with Crippen LogP contribution in [0.4, 0.5) is 0 Å². The van der Waals surface area contributed by atoms with Crippen molar-refractivity contribution in [2.75, 3.05) is 0 Å². The minimum absolute atomic E-state index is 0.138. The fourth-order valence-electron chi connectivity index (χ4n) is 1.48. The Hall–Kier alpha value is -2.23. The second-order valence-corrected chi connectivity index (χ2v) is 3.12. The van der Waals surface area contributed by atoms with E-state index in [9.17, 15) is 9.90 Å². The maximum Gasteiger partial charge on any atom is 0.328 e. The highest BCUT2D eigenvalue weighted by Gasteiger charge is 2.05. The van der Waals surface area contributed by atoms with Gasteiger partial charge in [-0.2, -0.15) is 0 Å². The summed E-state index contributed by atoms with van der Waals surface area (Å²) < 4.78 is 0. The zero-order chi connectivity index (χ0) is 10.8. The van der Waals surface area contributed by atoms with Crippen molar-refractivity contribution in [3.05, 3.63) is 36.0 Å². The number of carboxylic acids is 1. The number of carbonyl (C=O) groups is 1. The molecule has 0 aliphatic rings. The Morgan fingerprint density at radius 2 is 2.20 bits per heavy atom. The van der Waals surface area contributed by atoms with E-state index >= 15 is 0 Å². The van der Waals surface area contributed by atoms with Gasteiger partial charge in [0.2, 0.25) is 0 Å². The summed E-state index contributed by atoms with van der Waals surface area (Å²) in [6.45, 7) is 0. The van der Waals surface area contributed by atoms with E-state index < -0.39 is 5.97 Å². The molecule has 76 valence electrons. The number of phenols is 1. The molecule has 2 rings (SSSR count). The van der Waals surface area contributed by atoms with E-state index in [1.165, 1.54) is 6.08 Å². The van der Waals surface area contributed by atoms with Crippen LogP contribution < -0.4 is 0 Å². The van der Waals surface area contributed by atoms with Gasteiger partial charge in [0.25, 0.3) is 0 Å². The summed E-state index contributed by atoms with van der Waals surface area (Å²) in [7, 11) is 0. The number of phenolic OH excluding ortho intramolecular Hbond substituents is 1. The third kappa shape index (κ3) is 1.69. The third-order valence-electron chi connectivity index (χ3n) is 2.12. The Balaban J connectivity index is 2.57. The van der Waals surface area contributed by atoms with Crippen LogP contribution in [0.25, 0.3) is 17.0 Å². The van der Waals surface area contributed by atoms with Crippen LogP contribution >= 0.6 is 0 Å². The first-order chi connectivity index (χ1) is 7.18. The fourth-order valence-corrected chi connectivity index (χ4v) is 1.48. The lowest BCUT2D eigenvalue weighted by molar-refractivity contribution is -0.131. The number of carboxylic acid groups (broad SMARTS) is 1. The highest BCUT2D eigenvalue weighted by atomic mass is 16.4. The number of hydrogen-bond acceptors (Lipinski definition) is 2. The number of aromatic amines is 1. The largest absolute Gasteiger partial charge is 0.507 e. The molecule has 2 aromatic rings. The van der Waals surface area contributed by atoms with Crippen LogP contribution in [-0.2, 0) is 4.79 Å². The Morgan fingerprint density at radius 1 is 1.40 bits per heavy atom. The number of aromatic hydroxyl groups is 1. The summed E-state index contributed by atoms with van der Waals surface area (Å²) in [5.41, 5.74) is 1.44. The monoisotopic (exact) mass is 203 g/mol. The smallest absolute Gasteiger partial charge is 0.328 e. The summed E-state index contributed by atoms with van der Waals surface area (Å²) in [6.07, 6.45) is 4.14. The van der Waals surface area contributed by atoms with Crippen molar-refractivity contribution in [3.63, 3.8) is 0 Å². The zero-order valence-corrected chi connectivity index (χ0v) is 7.77. The number of H-pyrrole nitrogens is 1. The molecular formula is C11H9NO3. The van der Waals surface area contributed by atoms with Crippen molar-refractivity contribution < 1.29 is 15.0 Å². The molecule has 0 unspecified atom stereocenters. The molecule has 0 saturated heterocycles. The van der Waals surface area contributed by atoms with Crippen LogP contribution in [0.15, 0.2) is 30.5 Å². The minimum atomic E-state index is -1.01. The van der Waals surface area contributed by atoms with E-state index in [1.807, 2.05) is 6.07 Å². The SMILES string of the molecule is O=C(O)/C=C\c1c[nH]c2cccc(O)c12. The molecule has 0 fully saturated rings. The molecular weight excluding hydrogens is 194 g/mol. The Morgan fingerprint density at radius 3 is 2.93 bits per heavy atom. The molecule has 4 heteroatoms. The van der Waals surface area contributed by atoms with Gasteiger partial charge in [0, 0.05) is 28.7 Å². The lowest BCUT2D eigenvalue weighted by Gasteiger charge is -1.95. The number of rotatable bonds is 2. The van der Waals surface area contributed by atoms with Crippen LogP contribution in [0.5, 0.6) is 5.75 Å². The Bertz CT molecular complexity index is 540. The number of hydrogen-bond donors (Lipinski definition) is 3. The van der Waals surface area contributed by atoms with E-state index in [0.717, 1.165) is 11.6 Å². The average molecular weight is 203 g/mol. The predicted octanol–water partition coefficient (Wildman–Crippen LogP) is 1.97. The van der Waals surface area contributed by atoms with Crippen molar-refractivity contribution in [2.24, 2.45) is 0 Å². The molecule has 3 N–H and O–H groups in total. The van der Waals surface area contributed by atoms with E-state index in [4.69, 9.17) is 5.11 Å². The molecule has 1 aromatic heterocycles. The quantitative estimate of drug-likeness (QED) is 0.653. The van der Waals surface area contributed by atoms with Crippen LogP contribution in [0.1, 0.15) is 5.56 Å². The van der Waals surface area contributed by atoms with E-state index in [1.54, 1.807) is 18.3 Å². The number of fused-ring (bicyclic) bond motifs is 1. The summed E-state index contributed by atoms with van der Waals surface area (Å²) >= 11 is 0. The lowest BCUT2D eigenvalue weighted by atomic mass is 10.1. The normalized spacial score (nSPS) is 11.2. The van der Waals surface area contributed by atoms with Gasteiger partial charge in [0.1, 0.15) is 5.75 Å².